The number of hydrogen-bond donors (Lipinski definition) is 2. The lowest BCUT2D eigenvalue weighted by Gasteiger charge is -2.25. The first-order valence-electron chi connectivity index (χ1n) is 5.66. The van der Waals surface area contributed by atoms with E-state index in [9.17, 15) is 4.79 Å². The van der Waals surface area contributed by atoms with Gasteiger partial charge in [-0.25, -0.2) is 0 Å². The van der Waals surface area contributed by atoms with Crippen LogP contribution in [0, 0.1) is 0 Å². The first-order valence-corrected chi connectivity index (χ1v) is 6.04. The Hall–Kier alpha value is -1.26. The molecule has 5 heteroatoms. The van der Waals surface area contributed by atoms with Gasteiger partial charge in [0.15, 0.2) is 0 Å². The molecule has 0 unspecified atom stereocenters. The fourth-order valence-electron chi connectivity index (χ4n) is 1.57. The molecule has 0 aromatic heterocycles. The van der Waals surface area contributed by atoms with Crippen molar-refractivity contribution in [3.63, 3.8) is 0 Å². The van der Waals surface area contributed by atoms with Crippen LogP contribution in [-0.2, 0) is 0 Å². The molecule has 4 nitrogen and oxygen atoms in total. The van der Waals surface area contributed by atoms with Gasteiger partial charge in [-0.2, -0.15) is 0 Å². The Morgan fingerprint density at radius 2 is 2.17 bits per heavy atom. The van der Waals surface area contributed by atoms with Gasteiger partial charge in [-0.1, -0.05) is 11.6 Å². The normalized spacial score (nSPS) is 11.2. The van der Waals surface area contributed by atoms with E-state index in [0.29, 0.717) is 22.8 Å². The summed E-state index contributed by atoms with van der Waals surface area (Å²) < 4.78 is 5.13. The van der Waals surface area contributed by atoms with Crippen LogP contribution in [0.2, 0.25) is 5.02 Å². The summed E-state index contributed by atoms with van der Waals surface area (Å²) in [6, 6.07) is 4.87. The van der Waals surface area contributed by atoms with Crippen molar-refractivity contribution in [1.29, 1.82) is 0 Å². The quantitative estimate of drug-likeness (QED) is 0.863. The number of aliphatic hydroxyl groups is 1. The van der Waals surface area contributed by atoms with Gasteiger partial charge in [-0.05, 0) is 38.5 Å². The zero-order chi connectivity index (χ0) is 13.8. The van der Waals surface area contributed by atoms with E-state index < -0.39 is 5.54 Å². The van der Waals surface area contributed by atoms with Gasteiger partial charge in [0, 0.05) is 17.2 Å². The molecule has 0 saturated carbocycles. The number of carbonyl (C=O) groups excluding carboxylic acids is 1. The predicted molar refractivity (Wildman–Crippen MR) is 71.3 cm³/mol. The van der Waals surface area contributed by atoms with Gasteiger partial charge >= 0.3 is 0 Å². The molecular formula is C13H18ClNO3. The number of aliphatic hydroxyl groups excluding tert-OH is 1. The summed E-state index contributed by atoms with van der Waals surface area (Å²) in [4.78, 5) is 12.1. The molecule has 0 aliphatic rings. The lowest BCUT2D eigenvalue weighted by molar-refractivity contribution is 0.0896. The van der Waals surface area contributed by atoms with E-state index in [2.05, 4.69) is 5.32 Å². The van der Waals surface area contributed by atoms with Crippen LogP contribution < -0.4 is 10.1 Å². The van der Waals surface area contributed by atoms with E-state index in [1.165, 1.54) is 7.11 Å². The van der Waals surface area contributed by atoms with Gasteiger partial charge in [-0.15, -0.1) is 0 Å². The van der Waals surface area contributed by atoms with Crippen LogP contribution in [-0.4, -0.2) is 30.3 Å². The maximum atomic E-state index is 12.1. The number of methoxy groups -OCH3 is 1. The number of amides is 1. The average Bonchev–Trinajstić information content (AvgIpc) is 2.28. The van der Waals surface area contributed by atoms with Gasteiger partial charge in [0.2, 0.25) is 0 Å². The molecule has 1 amide bonds. The number of ether oxygens (including phenoxy) is 1. The Bertz CT molecular complexity index is 432. The second kappa shape index (κ2) is 6.07. The molecule has 100 valence electrons. The van der Waals surface area contributed by atoms with Gasteiger partial charge in [0.1, 0.15) is 5.75 Å². The van der Waals surface area contributed by atoms with Crippen molar-refractivity contribution in [1.82, 2.24) is 5.32 Å². The molecule has 0 bridgehead atoms. The number of rotatable bonds is 5. The topological polar surface area (TPSA) is 58.6 Å². The minimum atomic E-state index is -0.487. The molecule has 2 N–H and O–H groups in total. The van der Waals surface area contributed by atoms with Crippen molar-refractivity contribution in [2.24, 2.45) is 0 Å². The van der Waals surface area contributed by atoms with Crippen LogP contribution in [0.25, 0.3) is 0 Å². The molecular weight excluding hydrogens is 254 g/mol. The molecule has 0 heterocycles. The standard InChI is InChI=1S/C13H18ClNO3/c1-13(2,6-7-16)15-12(17)10-8-9(14)4-5-11(10)18-3/h4-5,8,16H,6-7H2,1-3H3,(H,15,17). The zero-order valence-electron chi connectivity index (χ0n) is 10.8. The Morgan fingerprint density at radius 1 is 1.50 bits per heavy atom. The molecule has 0 aliphatic carbocycles. The molecule has 0 saturated heterocycles. The average molecular weight is 272 g/mol. The highest BCUT2D eigenvalue weighted by atomic mass is 35.5. The summed E-state index contributed by atoms with van der Waals surface area (Å²) in [6.45, 7) is 3.70. The monoisotopic (exact) mass is 271 g/mol. The first-order chi connectivity index (χ1) is 8.39. The molecule has 18 heavy (non-hydrogen) atoms. The molecule has 0 aliphatic heterocycles. The largest absolute Gasteiger partial charge is 0.496 e. The van der Waals surface area contributed by atoms with Crippen LogP contribution >= 0.6 is 11.6 Å². The van der Waals surface area contributed by atoms with Crippen molar-refractivity contribution in [3.05, 3.63) is 28.8 Å². The number of nitrogens with one attached hydrogen (secondary N) is 1. The smallest absolute Gasteiger partial charge is 0.255 e. The number of carbonyl (C=O) groups is 1. The maximum Gasteiger partial charge on any atom is 0.255 e. The predicted octanol–water partition coefficient (Wildman–Crippen LogP) is 2.24. The van der Waals surface area contributed by atoms with Gasteiger partial charge in [-0.3, -0.25) is 4.79 Å². The zero-order valence-corrected chi connectivity index (χ0v) is 11.5. The summed E-state index contributed by atoms with van der Waals surface area (Å²) in [5.74, 6) is 0.199. The van der Waals surface area contributed by atoms with E-state index in [0.717, 1.165) is 0 Å². The molecule has 0 spiro atoms. The van der Waals surface area contributed by atoms with E-state index in [-0.39, 0.29) is 12.5 Å². The van der Waals surface area contributed by atoms with E-state index >= 15 is 0 Å². The minimum Gasteiger partial charge on any atom is -0.496 e. The van der Waals surface area contributed by atoms with Crippen molar-refractivity contribution >= 4 is 17.5 Å². The lowest BCUT2D eigenvalue weighted by Crippen LogP contribution is -2.44. The van der Waals surface area contributed by atoms with Gasteiger partial charge in [0.25, 0.3) is 5.91 Å². The van der Waals surface area contributed by atoms with Crippen molar-refractivity contribution in [2.45, 2.75) is 25.8 Å². The third-order valence-electron chi connectivity index (χ3n) is 2.59. The summed E-state index contributed by atoms with van der Waals surface area (Å²) in [5, 5.41) is 12.2. The van der Waals surface area contributed by atoms with Crippen LogP contribution in [0.4, 0.5) is 0 Å². The van der Waals surface area contributed by atoms with E-state index in [1.807, 2.05) is 13.8 Å². The summed E-state index contributed by atoms with van der Waals surface area (Å²) in [6.07, 6.45) is 0.474. The van der Waals surface area contributed by atoms with Crippen LogP contribution in [0.1, 0.15) is 30.6 Å². The number of halogens is 1. The molecule has 1 aromatic carbocycles. The molecule has 0 radical (unpaired) electrons. The maximum absolute atomic E-state index is 12.1. The third kappa shape index (κ3) is 3.89. The van der Waals surface area contributed by atoms with Crippen molar-refractivity contribution in [2.75, 3.05) is 13.7 Å². The molecule has 0 atom stereocenters. The van der Waals surface area contributed by atoms with Crippen LogP contribution in [0.15, 0.2) is 18.2 Å². The van der Waals surface area contributed by atoms with Crippen LogP contribution in [0.5, 0.6) is 5.75 Å². The van der Waals surface area contributed by atoms with E-state index in [4.69, 9.17) is 21.4 Å². The Balaban J connectivity index is 2.93. The number of hydrogen-bond acceptors (Lipinski definition) is 3. The van der Waals surface area contributed by atoms with Crippen LogP contribution in [0.3, 0.4) is 0 Å². The summed E-state index contributed by atoms with van der Waals surface area (Å²) >= 11 is 5.87. The van der Waals surface area contributed by atoms with Gasteiger partial charge < -0.3 is 15.2 Å². The highest BCUT2D eigenvalue weighted by Gasteiger charge is 2.22. The van der Waals surface area contributed by atoms with Crippen molar-refractivity contribution < 1.29 is 14.6 Å². The lowest BCUT2D eigenvalue weighted by atomic mass is 10.0. The van der Waals surface area contributed by atoms with E-state index in [1.54, 1.807) is 18.2 Å². The molecule has 0 fully saturated rings. The van der Waals surface area contributed by atoms with Crippen molar-refractivity contribution in [3.8, 4) is 5.75 Å². The second-order valence-corrected chi connectivity index (χ2v) is 5.09. The Kier molecular flexibility index (Phi) is 4.99. The third-order valence-corrected chi connectivity index (χ3v) is 2.83. The minimum absolute atomic E-state index is 0.0138. The highest BCUT2D eigenvalue weighted by Crippen LogP contribution is 2.23. The molecule has 1 rings (SSSR count). The Labute approximate surface area is 112 Å². The summed E-state index contributed by atoms with van der Waals surface area (Å²) in [5.41, 5.74) is -0.102. The molecule has 1 aromatic rings. The second-order valence-electron chi connectivity index (χ2n) is 4.66. The summed E-state index contributed by atoms with van der Waals surface area (Å²) in [7, 11) is 1.50. The fraction of sp³-hybridized carbons (Fsp3) is 0.462. The highest BCUT2D eigenvalue weighted by molar-refractivity contribution is 6.31. The first kappa shape index (κ1) is 14.8. The fourth-order valence-corrected chi connectivity index (χ4v) is 1.75. The Morgan fingerprint density at radius 3 is 2.72 bits per heavy atom. The SMILES string of the molecule is COc1ccc(Cl)cc1C(=O)NC(C)(C)CCO. The number of benzene rings is 1. The van der Waals surface area contributed by atoms with Gasteiger partial charge in [0.05, 0.1) is 12.7 Å².